The molecule has 1 saturated heterocycles. The fraction of sp³-hybridized carbons (Fsp3) is 0.947. The van der Waals surface area contributed by atoms with Crippen LogP contribution < -0.4 is 5.32 Å². The van der Waals surface area contributed by atoms with Gasteiger partial charge in [0.2, 0.25) is 5.91 Å². The van der Waals surface area contributed by atoms with Gasteiger partial charge in [0, 0.05) is 13.3 Å². The second-order valence-electron chi connectivity index (χ2n) is 17.6. The average Bonchev–Trinajstić information content (AvgIpc) is 3.38. The van der Waals surface area contributed by atoms with E-state index in [0.717, 1.165) is 42.4 Å². The maximum atomic E-state index is 12.8. The van der Waals surface area contributed by atoms with Crippen molar-refractivity contribution in [1.82, 2.24) is 5.32 Å². The van der Waals surface area contributed by atoms with Crippen molar-refractivity contribution in [3.63, 3.8) is 0 Å². The van der Waals surface area contributed by atoms with Crippen LogP contribution in [0.25, 0.3) is 0 Å². The third kappa shape index (κ3) is 7.09. The minimum Gasteiger partial charge on any atom is -0.477 e. The Balaban J connectivity index is 1.27. The number of aliphatic hydroxyl groups is 4. The smallest absolute Gasteiger partial charge is 0.364 e. The van der Waals surface area contributed by atoms with Crippen LogP contribution >= 0.6 is 0 Å². The van der Waals surface area contributed by atoms with Gasteiger partial charge in [-0.3, -0.25) is 4.79 Å². The van der Waals surface area contributed by atoms with Crippen LogP contribution in [0.2, 0.25) is 0 Å². The van der Waals surface area contributed by atoms with Crippen LogP contribution in [0.3, 0.4) is 0 Å². The zero-order valence-corrected chi connectivity index (χ0v) is 30.3. The number of ether oxygens (including phenoxy) is 2. The lowest BCUT2D eigenvalue weighted by atomic mass is 9.44. The van der Waals surface area contributed by atoms with Crippen LogP contribution in [0.1, 0.15) is 125 Å². The zero-order chi connectivity index (χ0) is 35.2. The number of carbonyl (C=O) groups is 2. The van der Waals surface area contributed by atoms with Gasteiger partial charge in [0.25, 0.3) is 5.79 Å². The number of carboxylic acid groups (broad SMARTS) is 1. The van der Waals surface area contributed by atoms with Gasteiger partial charge in [-0.05, 0) is 110 Å². The van der Waals surface area contributed by atoms with E-state index in [9.17, 15) is 35.1 Å². The lowest BCUT2D eigenvalue weighted by Crippen LogP contribution is -2.68. The molecule has 15 unspecified atom stereocenters. The number of carbonyl (C=O) groups excluding carboxylic acids is 1. The summed E-state index contributed by atoms with van der Waals surface area (Å²) in [6.07, 6.45) is 6.60. The predicted octanol–water partition coefficient (Wildman–Crippen LogP) is 4.64. The molecule has 5 fully saturated rings. The van der Waals surface area contributed by atoms with Gasteiger partial charge in [0.15, 0.2) is 0 Å². The fourth-order valence-corrected chi connectivity index (χ4v) is 11.9. The molecule has 0 bridgehead atoms. The number of aliphatic carboxylic acids is 1. The third-order valence-electron chi connectivity index (χ3n) is 14.4. The summed E-state index contributed by atoms with van der Waals surface area (Å²) in [5.74, 6) is 0.696. The molecule has 10 nitrogen and oxygen atoms in total. The van der Waals surface area contributed by atoms with Gasteiger partial charge in [-0.25, -0.2) is 4.79 Å². The molecule has 276 valence electrons. The van der Waals surface area contributed by atoms with E-state index in [1.165, 1.54) is 58.3 Å². The normalized spacial score (nSPS) is 44.6. The van der Waals surface area contributed by atoms with Crippen molar-refractivity contribution in [2.75, 3.05) is 6.61 Å². The van der Waals surface area contributed by atoms with Crippen molar-refractivity contribution in [3.05, 3.63) is 0 Å². The van der Waals surface area contributed by atoms with E-state index in [2.05, 4.69) is 39.9 Å². The van der Waals surface area contributed by atoms with Crippen molar-refractivity contribution in [2.24, 2.45) is 52.3 Å². The van der Waals surface area contributed by atoms with Crippen LogP contribution in [0.15, 0.2) is 0 Å². The molecule has 1 amide bonds. The van der Waals surface area contributed by atoms with Gasteiger partial charge in [-0.15, -0.1) is 0 Å². The number of hydrogen-bond donors (Lipinski definition) is 6. The van der Waals surface area contributed by atoms with Crippen LogP contribution in [-0.2, 0) is 19.1 Å². The van der Waals surface area contributed by atoms with E-state index in [1.54, 1.807) is 0 Å². The highest BCUT2D eigenvalue weighted by Crippen LogP contribution is 2.68. The van der Waals surface area contributed by atoms with E-state index in [-0.39, 0.29) is 5.41 Å². The summed E-state index contributed by atoms with van der Waals surface area (Å²) < 4.78 is 12.3. The van der Waals surface area contributed by atoms with E-state index in [0.29, 0.717) is 30.1 Å². The third-order valence-corrected chi connectivity index (χ3v) is 14.4. The Morgan fingerprint density at radius 1 is 0.958 bits per heavy atom. The van der Waals surface area contributed by atoms with Gasteiger partial charge in [0.1, 0.15) is 18.3 Å². The fourth-order valence-electron chi connectivity index (χ4n) is 11.9. The molecule has 5 aliphatic rings. The van der Waals surface area contributed by atoms with Gasteiger partial charge in [-0.2, -0.15) is 0 Å². The van der Waals surface area contributed by atoms with Gasteiger partial charge in [0.05, 0.1) is 24.9 Å². The largest absolute Gasteiger partial charge is 0.477 e. The van der Waals surface area contributed by atoms with E-state index in [4.69, 9.17) is 9.47 Å². The molecule has 10 heteroatoms. The van der Waals surface area contributed by atoms with Crippen LogP contribution in [0.5, 0.6) is 0 Å². The van der Waals surface area contributed by atoms with Crippen molar-refractivity contribution in [3.8, 4) is 0 Å². The monoisotopic (exact) mass is 679 g/mol. The Morgan fingerprint density at radius 2 is 1.65 bits per heavy atom. The summed E-state index contributed by atoms with van der Waals surface area (Å²) in [6, 6.07) is -1.20. The summed E-state index contributed by atoms with van der Waals surface area (Å²) in [7, 11) is 0. The van der Waals surface area contributed by atoms with Gasteiger partial charge in [-0.1, -0.05) is 53.9 Å². The van der Waals surface area contributed by atoms with E-state index < -0.39 is 67.3 Å². The van der Waals surface area contributed by atoms with Gasteiger partial charge >= 0.3 is 5.97 Å². The molecule has 5 rings (SSSR count). The maximum absolute atomic E-state index is 12.8. The lowest BCUT2D eigenvalue weighted by molar-refractivity contribution is -0.328. The molecule has 0 aromatic rings. The molecule has 1 heterocycles. The number of rotatable bonds is 12. The van der Waals surface area contributed by atoms with Crippen LogP contribution in [0.4, 0.5) is 0 Å². The number of carboxylic acids is 1. The average molecular weight is 680 g/mol. The highest BCUT2D eigenvalue weighted by Gasteiger charge is 2.62. The molecular formula is C38H65NO9. The summed E-state index contributed by atoms with van der Waals surface area (Å²) in [5.41, 5.74) is 0.587. The van der Waals surface area contributed by atoms with Crippen LogP contribution in [-0.4, -0.2) is 86.4 Å². The predicted molar refractivity (Wildman–Crippen MR) is 181 cm³/mol. The SMILES string of the molecule is CC(=O)NC1C(O)CC(OC2CCC3(C)C(CCC4C3CCC3(C)C(C(C)CCCC(C)C)CCC43)C2)(C(=O)O)OC1C(O)C(O)CO. The Labute approximate surface area is 287 Å². The van der Waals surface area contributed by atoms with Crippen molar-refractivity contribution in [1.29, 1.82) is 0 Å². The molecular weight excluding hydrogens is 614 g/mol. The van der Waals surface area contributed by atoms with Crippen molar-refractivity contribution >= 4 is 11.9 Å². The van der Waals surface area contributed by atoms with E-state index >= 15 is 0 Å². The minimum atomic E-state index is -2.28. The second kappa shape index (κ2) is 14.7. The molecule has 6 N–H and O–H groups in total. The molecule has 4 aliphatic carbocycles. The summed E-state index contributed by atoms with van der Waals surface area (Å²) in [6.45, 7) is 12.7. The number of amides is 1. The Bertz CT molecular complexity index is 1140. The number of fused-ring (bicyclic) bond motifs is 5. The van der Waals surface area contributed by atoms with Gasteiger partial charge < -0.3 is 40.3 Å². The zero-order valence-electron chi connectivity index (χ0n) is 30.3. The standard InChI is InChI=1S/C38H65NO9/c1-21(2)8-7-9-22(3)27-12-13-28-26-11-10-24-18-25(14-16-36(24,5)29(26)15-17-37(27,28)6)47-38(35(45)46)19-30(42)32(39-23(4)41)34(48-38)33(44)31(43)20-40/h21-22,24-34,40,42-44H,7-20H2,1-6H3,(H,39,41)(H,45,46). The Hall–Kier alpha value is -1.30. The molecule has 0 radical (unpaired) electrons. The summed E-state index contributed by atoms with van der Waals surface area (Å²) in [5, 5.41) is 54.5. The number of nitrogens with one attached hydrogen (secondary N) is 1. The quantitative estimate of drug-likeness (QED) is 0.161. The molecule has 4 saturated carbocycles. The Morgan fingerprint density at radius 3 is 2.29 bits per heavy atom. The first-order chi connectivity index (χ1) is 22.6. The first kappa shape index (κ1) is 37.9. The molecule has 0 aromatic carbocycles. The molecule has 15 atom stereocenters. The summed E-state index contributed by atoms with van der Waals surface area (Å²) >= 11 is 0. The first-order valence-electron chi connectivity index (χ1n) is 19.1. The summed E-state index contributed by atoms with van der Waals surface area (Å²) in [4.78, 5) is 24.7. The van der Waals surface area contributed by atoms with E-state index in [1.807, 2.05) is 0 Å². The molecule has 0 spiro atoms. The maximum Gasteiger partial charge on any atom is 0.364 e. The van der Waals surface area contributed by atoms with Crippen LogP contribution in [0, 0.1) is 52.3 Å². The minimum absolute atomic E-state index is 0.162. The lowest BCUT2D eigenvalue weighted by Gasteiger charge is -2.61. The molecule has 48 heavy (non-hydrogen) atoms. The topological polar surface area (TPSA) is 166 Å². The molecule has 0 aromatic heterocycles. The second-order valence-corrected chi connectivity index (χ2v) is 17.6. The number of hydrogen-bond acceptors (Lipinski definition) is 8. The highest BCUT2D eigenvalue weighted by molar-refractivity contribution is 5.76. The molecule has 1 aliphatic heterocycles. The van der Waals surface area contributed by atoms with Crippen molar-refractivity contribution in [2.45, 2.75) is 167 Å². The number of aliphatic hydroxyl groups excluding tert-OH is 4. The highest BCUT2D eigenvalue weighted by atomic mass is 16.7. The van der Waals surface area contributed by atoms with Crippen molar-refractivity contribution < 1.29 is 44.6 Å². The Kier molecular flexibility index (Phi) is 11.7. The first-order valence-corrected chi connectivity index (χ1v) is 19.1.